The van der Waals surface area contributed by atoms with Crippen LogP contribution in [-0.4, -0.2) is 48.5 Å². The maximum absolute atomic E-state index is 13.0. The van der Waals surface area contributed by atoms with E-state index in [1.165, 1.54) is 23.5 Å². The maximum atomic E-state index is 13.0. The van der Waals surface area contributed by atoms with Crippen LogP contribution in [0.2, 0.25) is 0 Å². The van der Waals surface area contributed by atoms with Crippen molar-refractivity contribution < 1.29 is 9.18 Å². The number of carbonyl (C=O) groups excluding carboxylic acids is 1. The normalized spacial score (nSPS) is 13.8. The molecule has 1 aliphatic heterocycles. The minimum absolute atomic E-state index is 0. The number of nitrogens with zero attached hydrogens (tertiary/aromatic N) is 3. The number of carbonyl (C=O) groups is 1. The zero-order chi connectivity index (χ0) is 16.2. The number of benzene rings is 1. The van der Waals surface area contributed by atoms with Gasteiger partial charge in [-0.1, -0.05) is 0 Å². The highest BCUT2D eigenvalue weighted by molar-refractivity contribution is 7.09. The van der Waals surface area contributed by atoms with Gasteiger partial charge in [0.2, 0.25) is 0 Å². The zero-order valence-electron chi connectivity index (χ0n) is 13.6. The van der Waals surface area contributed by atoms with Crippen molar-refractivity contribution in [1.82, 2.24) is 9.88 Å². The van der Waals surface area contributed by atoms with Crippen molar-refractivity contribution >= 4 is 47.7 Å². The van der Waals surface area contributed by atoms with Crippen LogP contribution in [0.3, 0.4) is 0 Å². The lowest BCUT2D eigenvalue weighted by Crippen LogP contribution is -2.48. The van der Waals surface area contributed by atoms with Gasteiger partial charge in [-0.2, -0.15) is 0 Å². The first-order valence-electron chi connectivity index (χ1n) is 7.61. The fourth-order valence-electron chi connectivity index (χ4n) is 2.63. The zero-order valence-corrected chi connectivity index (χ0v) is 16.0. The molecule has 138 valence electrons. The standard InChI is InChI=1S/C16H19FN4OS.2ClH/c17-12-1-3-13(4-2-12)20-7-9-21(10-8-20)16(22)14-11-23-15(19-14)5-6-18;;/h1-4,11H,5-10,18H2;2*1H. The van der Waals surface area contributed by atoms with Crippen molar-refractivity contribution in [3.8, 4) is 0 Å². The summed E-state index contributed by atoms with van der Waals surface area (Å²) in [5.74, 6) is -0.261. The highest BCUT2D eigenvalue weighted by Gasteiger charge is 2.23. The second-order valence-electron chi connectivity index (χ2n) is 5.42. The molecule has 0 unspecified atom stereocenters. The summed E-state index contributed by atoms with van der Waals surface area (Å²) >= 11 is 1.48. The fraction of sp³-hybridized carbons (Fsp3) is 0.375. The molecule has 0 spiro atoms. The first kappa shape index (κ1) is 21.6. The van der Waals surface area contributed by atoms with Gasteiger partial charge in [0.15, 0.2) is 0 Å². The Kier molecular flexibility index (Phi) is 8.58. The molecule has 0 saturated carbocycles. The Labute approximate surface area is 162 Å². The van der Waals surface area contributed by atoms with Crippen molar-refractivity contribution in [2.45, 2.75) is 6.42 Å². The largest absolute Gasteiger partial charge is 0.368 e. The van der Waals surface area contributed by atoms with Gasteiger partial charge in [-0.25, -0.2) is 9.37 Å². The van der Waals surface area contributed by atoms with E-state index in [0.717, 1.165) is 23.8 Å². The molecular formula is C16H21Cl2FN4OS. The summed E-state index contributed by atoms with van der Waals surface area (Å²) in [6, 6.07) is 6.46. The van der Waals surface area contributed by atoms with Crippen LogP contribution < -0.4 is 10.6 Å². The van der Waals surface area contributed by atoms with E-state index in [4.69, 9.17) is 5.73 Å². The molecule has 1 fully saturated rings. The lowest BCUT2D eigenvalue weighted by atomic mass is 10.2. The predicted octanol–water partition coefficient (Wildman–Crippen LogP) is 2.59. The summed E-state index contributed by atoms with van der Waals surface area (Å²) < 4.78 is 13.0. The van der Waals surface area contributed by atoms with Gasteiger partial charge in [0, 0.05) is 43.7 Å². The molecule has 2 heterocycles. The third-order valence-electron chi connectivity index (χ3n) is 3.89. The van der Waals surface area contributed by atoms with Crippen molar-refractivity contribution in [3.63, 3.8) is 0 Å². The molecule has 0 aliphatic carbocycles. The molecule has 1 amide bonds. The summed E-state index contributed by atoms with van der Waals surface area (Å²) in [6.45, 7) is 3.28. The number of thiazole rings is 1. The quantitative estimate of drug-likeness (QED) is 0.847. The highest BCUT2D eigenvalue weighted by Crippen LogP contribution is 2.18. The lowest BCUT2D eigenvalue weighted by molar-refractivity contribution is 0.0741. The third kappa shape index (κ3) is 5.28. The molecule has 3 rings (SSSR count). The molecule has 5 nitrogen and oxygen atoms in total. The Hall–Kier alpha value is -1.41. The summed E-state index contributed by atoms with van der Waals surface area (Å²) in [5.41, 5.74) is 7.00. The Morgan fingerprint density at radius 2 is 1.80 bits per heavy atom. The Morgan fingerprint density at radius 1 is 1.16 bits per heavy atom. The molecule has 0 radical (unpaired) electrons. The van der Waals surface area contributed by atoms with Crippen LogP contribution in [0.5, 0.6) is 0 Å². The van der Waals surface area contributed by atoms with E-state index in [1.807, 2.05) is 4.90 Å². The number of amides is 1. The van der Waals surface area contributed by atoms with E-state index >= 15 is 0 Å². The van der Waals surface area contributed by atoms with Crippen LogP contribution in [0.15, 0.2) is 29.6 Å². The molecule has 0 atom stereocenters. The van der Waals surface area contributed by atoms with Crippen LogP contribution in [0.1, 0.15) is 15.5 Å². The number of piperazine rings is 1. The van der Waals surface area contributed by atoms with Gasteiger partial charge in [0.05, 0.1) is 5.01 Å². The Morgan fingerprint density at radius 3 is 2.40 bits per heavy atom. The molecule has 1 aliphatic rings. The van der Waals surface area contributed by atoms with Crippen LogP contribution >= 0.6 is 36.2 Å². The first-order valence-corrected chi connectivity index (χ1v) is 8.49. The van der Waals surface area contributed by atoms with Crippen LogP contribution in [-0.2, 0) is 6.42 Å². The van der Waals surface area contributed by atoms with Crippen LogP contribution in [0.4, 0.5) is 10.1 Å². The minimum atomic E-state index is -0.237. The van der Waals surface area contributed by atoms with Gasteiger partial charge in [-0.15, -0.1) is 36.2 Å². The fourth-order valence-corrected chi connectivity index (χ4v) is 3.42. The number of hydrogen-bond donors (Lipinski definition) is 1. The predicted molar refractivity (Wildman–Crippen MR) is 104 cm³/mol. The van der Waals surface area contributed by atoms with E-state index in [9.17, 15) is 9.18 Å². The van der Waals surface area contributed by atoms with Gasteiger partial charge < -0.3 is 15.5 Å². The second-order valence-corrected chi connectivity index (χ2v) is 6.36. The van der Waals surface area contributed by atoms with Gasteiger partial charge in [-0.3, -0.25) is 4.79 Å². The smallest absolute Gasteiger partial charge is 0.273 e. The molecule has 1 saturated heterocycles. The number of hydrogen-bond acceptors (Lipinski definition) is 5. The van der Waals surface area contributed by atoms with Gasteiger partial charge in [0.1, 0.15) is 11.5 Å². The van der Waals surface area contributed by atoms with Crippen LogP contribution in [0, 0.1) is 5.82 Å². The second kappa shape index (κ2) is 9.91. The number of aromatic nitrogens is 1. The van der Waals surface area contributed by atoms with E-state index in [-0.39, 0.29) is 36.5 Å². The van der Waals surface area contributed by atoms with E-state index in [2.05, 4.69) is 9.88 Å². The van der Waals surface area contributed by atoms with Crippen molar-refractivity contribution in [2.24, 2.45) is 5.73 Å². The third-order valence-corrected chi connectivity index (χ3v) is 4.80. The molecule has 9 heteroatoms. The van der Waals surface area contributed by atoms with Crippen molar-refractivity contribution in [1.29, 1.82) is 0 Å². The minimum Gasteiger partial charge on any atom is -0.368 e. The molecule has 0 bridgehead atoms. The molecule has 2 N–H and O–H groups in total. The molecule has 25 heavy (non-hydrogen) atoms. The number of anilines is 1. The van der Waals surface area contributed by atoms with Crippen LogP contribution in [0.25, 0.3) is 0 Å². The van der Waals surface area contributed by atoms with Crippen molar-refractivity contribution in [2.75, 3.05) is 37.6 Å². The topological polar surface area (TPSA) is 62.5 Å². The molecular weight excluding hydrogens is 386 g/mol. The molecule has 1 aromatic heterocycles. The van der Waals surface area contributed by atoms with Crippen molar-refractivity contribution in [3.05, 3.63) is 46.2 Å². The maximum Gasteiger partial charge on any atom is 0.273 e. The van der Waals surface area contributed by atoms with Gasteiger partial charge in [-0.05, 0) is 30.8 Å². The average Bonchev–Trinajstić information content (AvgIpc) is 3.04. The summed E-state index contributed by atoms with van der Waals surface area (Å²) in [5, 5.41) is 2.71. The average molecular weight is 407 g/mol. The highest BCUT2D eigenvalue weighted by atomic mass is 35.5. The molecule has 1 aromatic carbocycles. The summed E-state index contributed by atoms with van der Waals surface area (Å²) in [6.07, 6.45) is 0.705. The summed E-state index contributed by atoms with van der Waals surface area (Å²) in [7, 11) is 0. The Balaban J connectivity index is 0.00000156. The van der Waals surface area contributed by atoms with Gasteiger partial charge in [0.25, 0.3) is 5.91 Å². The van der Waals surface area contributed by atoms with E-state index in [0.29, 0.717) is 31.7 Å². The number of nitrogens with two attached hydrogens (primary N) is 1. The monoisotopic (exact) mass is 406 g/mol. The molecule has 2 aromatic rings. The lowest BCUT2D eigenvalue weighted by Gasteiger charge is -2.35. The summed E-state index contributed by atoms with van der Waals surface area (Å²) in [4.78, 5) is 20.8. The van der Waals surface area contributed by atoms with E-state index < -0.39 is 0 Å². The number of rotatable bonds is 4. The first-order chi connectivity index (χ1) is 11.2. The van der Waals surface area contributed by atoms with E-state index in [1.54, 1.807) is 17.5 Å². The number of halogens is 3. The Bertz CT molecular complexity index is 675. The van der Waals surface area contributed by atoms with Gasteiger partial charge >= 0.3 is 0 Å². The SMILES string of the molecule is Cl.Cl.NCCc1nc(C(=O)N2CCN(c3ccc(F)cc3)CC2)cs1.